The molecule has 2 aromatic rings. The summed E-state index contributed by atoms with van der Waals surface area (Å²) in [6.07, 6.45) is -3.18. The number of rotatable bonds is 4. The smallest absolute Gasteiger partial charge is 0.313 e. The lowest BCUT2D eigenvalue weighted by Gasteiger charge is -2.18. The van der Waals surface area contributed by atoms with Crippen molar-refractivity contribution >= 4 is 10.9 Å². The first kappa shape index (κ1) is 13.8. The molecular weight excluding hydrogens is 253 g/mol. The minimum Gasteiger partial charge on any atom is -0.313 e. The average Bonchev–Trinajstić information content (AvgIpc) is 2.38. The van der Waals surface area contributed by atoms with Crippen LogP contribution in [0.15, 0.2) is 36.5 Å². The first-order valence-electron chi connectivity index (χ1n) is 6.08. The zero-order valence-electron chi connectivity index (χ0n) is 10.5. The molecule has 1 atom stereocenters. The molecule has 0 bridgehead atoms. The van der Waals surface area contributed by atoms with Crippen molar-refractivity contribution in [2.45, 2.75) is 25.1 Å². The number of fused-ring (bicyclic) bond motifs is 1. The number of hydrogen-bond donors (Lipinski definition) is 1. The normalized spacial score (nSPS) is 13.7. The molecule has 1 aromatic heterocycles. The minimum atomic E-state index is -4.12. The molecule has 2 nitrogen and oxygen atoms in total. The van der Waals surface area contributed by atoms with Crippen LogP contribution in [0.5, 0.6) is 0 Å². The monoisotopic (exact) mass is 268 g/mol. The quantitative estimate of drug-likeness (QED) is 0.911. The maximum Gasteiger partial charge on any atom is 0.389 e. The van der Waals surface area contributed by atoms with Crippen LogP contribution in [0.2, 0.25) is 0 Å². The Bertz CT molecular complexity index is 552. The van der Waals surface area contributed by atoms with Gasteiger partial charge in [-0.05, 0) is 37.2 Å². The highest BCUT2D eigenvalue weighted by atomic mass is 19.4. The third-order valence-corrected chi connectivity index (χ3v) is 3.09. The van der Waals surface area contributed by atoms with Gasteiger partial charge in [0.05, 0.1) is 5.52 Å². The largest absolute Gasteiger partial charge is 0.389 e. The predicted octanol–water partition coefficient (Wildman–Crippen LogP) is 3.84. The first-order chi connectivity index (χ1) is 8.99. The summed E-state index contributed by atoms with van der Waals surface area (Å²) < 4.78 is 36.8. The second kappa shape index (κ2) is 5.57. The second-order valence-electron chi connectivity index (χ2n) is 4.45. The molecule has 0 amide bonds. The Balaban J connectivity index is 2.20. The summed E-state index contributed by atoms with van der Waals surface area (Å²) in [5, 5.41) is 3.87. The Kier molecular flexibility index (Phi) is 4.04. The van der Waals surface area contributed by atoms with Crippen LogP contribution in [0.4, 0.5) is 13.2 Å². The van der Waals surface area contributed by atoms with Gasteiger partial charge in [0, 0.05) is 24.0 Å². The van der Waals surface area contributed by atoms with Crippen molar-refractivity contribution in [2.24, 2.45) is 0 Å². The van der Waals surface area contributed by atoms with E-state index >= 15 is 0 Å². The molecule has 0 fully saturated rings. The molecular formula is C14H15F3N2. The first-order valence-corrected chi connectivity index (χ1v) is 6.08. The lowest BCUT2D eigenvalue weighted by atomic mass is 10.00. The Morgan fingerprint density at radius 1 is 1.26 bits per heavy atom. The van der Waals surface area contributed by atoms with Crippen LogP contribution in [-0.2, 0) is 0 Å². The van der Waals surface area contributed by atoms with Gasteiger partial charge in [0.1, 0.15) is 0 Å². The van der Waals surface area contributed by atoms with E-state index in [1.807, 2.05) is 30.3 Å². The second-order valence-corrected chi connectivity index (χ2v) is 4.45. The number of halogens is 3. The molecule has 0 saturated heterocycles. The van der Waals surface area contributed by atoms with E-state index in [0.717, 1.165) is 16.5 Å². The zero-order chi connectivity index (χ0) is 13.9. The molecule has 0 aliphatic rings. The maximum absolute atomic E-state index is 12.3. The van der Waals surface area contributed by atoms with Crippen LogP contribution in [0.3, 0.4) is 0 Å². The Hall–Kier alpha value is -1.62. The van der Waals surface area contributed by atoms with Gasteiger partial charge in [0.2, 0.25) is 0 Å². The van der Waals surface area contributed by atoms with Gasteiger partial charge in [-0.1, -0.05) is 12.1 Å². The number of aromatic nitrogens is 1. The summed E-state index contributed by atoms with van der Waals surface area (Å²) in [4.78, 5) is 4.19. The van der Waals surface area contributed by atoms with Crippen molar-refractivity contribution < 1.29 is 13.2 Å². The summed E-state index contributed by atoms with van der Waals surface area (Å²) >= 11 is 0. The molecule has 19 heavy (non-hydrogen) atoms. The molecule has 5 heteroatoms. The summed E-state index contributed by atoms with van der Waals surface area (Å²) in [7, 11) is 1.68. The van der Waals surface area contributed by atoms with Crippen molar-refractivity contribution in [3.8, 4) is 0 Å². The molecule has 0 spiro atoms. The van der Waals surface area contributed by atoms with Gasteiger partial charge in [-0.25, -0.2) is 0 Å². The van der Waals surface area contributed by atoms with E-state index in [4.69, 9.17) is 0 Å². The number of benzene rings is 1. The molecule has 0 aliphatic heterocycles. The molecule has 102 valence electrons. The number of nitrogens with zero attached hydrogens (tertiary/aromatic N) is 1. The number of nitrogens with one attached hydrogen (secondary N) is 1. The van der Waals surface area contributed by atoms with Gasteiger partial charge in [-0.15, -0.1) is 0 Å². The number of hydrogen-bond acceptors (Lipinski definition) is 2. The molecule has 0 aliphatic carbocycles. The van der Waals surface area contributed by atoms with E-state index in [0.29, 0.717) is 0 Å². The van der Waals surface area contributed by atoms with Crippen molar-refractivity contribution in [1.29, 1.82) is 0 Å². The van der Waals surface area contributed by atoms with E-state index in [-0.39, 0.29) is 12.5 Å². The highest BCUT2D eigenvalue weighted by Gasteiger charge is 2.28. The SMILES string of the molecule is CNC(CCC(F)(F)F)c1ccc2ncccc2c1. The van der Waals surface area contributed by atoms with E-state index < -0.39 is 12.6 Å². The summed E-state index contributed by atoms with van der Waals surface area (Å²) in [5.41, 5.74) is 1.70. The van der Waals surface area contributed by atoms with Gasteiger partial charge >= 0.3 is 6.18 Å². The van der Waals surface area contributed by atoms with Crippen LogP contribution >= 0.6 is 0 Å². The third kappa shape index (κ3) is 3.67. The highest BCUT2D eigenvalue weighted by Crippen LogP contribution is 2.28. The van der Waals surface area contributed by atoms with Gasteiger partial charge in [-0.2, -0.15) is 13.2 Å². The minimum absolute atomic E-state index is 0.0335. The fourth-order valence-corrected chi connectivity index (χ4v) is 2.10. The lowest BCUT2D eigenvalue weighted by Crippen LogP contribution is -2.19. The van der Waals surface area contributed by atoms with Gasteiger partial charge in [0.15, 0.2) is 0 Å². The van der Waals surface area contributed by atoms with E-state index in [1.54, 1.807) is 13.2 Å². The van der Waals surface area contributed by atoms with E-state index in [1.165, 1.54) is 0 Å². The predicted molar refractivity (Wildman–Crippen MR) is 68.8 cm³/mol. The van der Waals surface area contributed by atoms with Gasteiger partial charge in [0.25, 0.3) is 0 Å². The van der Waals surface area contributed by atoms with Crippen molar-refractivity contribution in [1.82, 2.24) is 10.3 Å². The molecule has 1 heterocycles. The summed E-state index contributed by atoms with van der Waals surface area (Å²) in [5.74, 6) is 0. The molecule has 1 N–H and O–H groups in total. The molecule has 0 saturated carbocycles. The van der Waals surface area contributed by atoms with Crippen LogP contribution in [0.25, 0.3) is 10.9 Å². The highest BCUT2D eigenvalue weighted by molar-refractivity contribution is 5.79. The average molecular weight is 268 g/mol. The summed E-state index contributed by atoms with van der Waals surface area (Å²) in [6.45, 7) is 0. The molecule has 2 rings (SSSR count). The Labute approximate surface area is 109 Å². The fourth-order valence-electron chi connectivity index (χ4n) is 2.10. The lowest BCUT2D eigenvalue weighted by molar-refractivity contribution is -0.136. The maximum atomic E-state index is 12.3. The Morgan fingerprint density at radius 2 is 2.05 bits per heavy atom. The van der Waals surface area contributed by atoms with E-state index in [9.17, 15) is 13.2 Å². The molecule has 1 aromatic carbocycles. The van der Waals surface area contributed by atoms with Crippen molar-refractivity contribution in [3.05, 3.63) is 42.1 Å². The fraction of sp³-hybridized carbons (Fsp3) is 0.357. The summed E-state index contributed by atoms with van der Waals surface area (Å²) in [6, 6.07) is 8.97. The van der Waals surface area contributed by atoms with Crippen LogP contribution in [0, 0.1) is 0 Å². The van der Waals surface area contributed by atoms with Crippen LogP contribution in [0.1, 0.15) is 24.4 Å². The Morgan fingerprint density at radius 3 is 2.74 bits per heavy atom. The van der Waals surface area contributed by atoms with Gasteiger partial charge in [-0.3, -0.25) is 4.98 Å². The van der Waals surface area contributed by atoms with Crippen molar-refractivity contribution in [2.75, 3.05) is 7.05 Å². The standard InChI is InChI=1S/C14H15F3N2/c1-18-12(6-7-14(15,16)17)11-4-5-13-10(9-11)3-2-8-19-13/h2-5,8-9,12,18H,6-7H2,1H3. The van der Waals surface area contributed by atoms with E-state index in [2.05, 4.69) is 10.3 Å². The van der Waals surface area contributed by atoms with Crippen molar-refractivity contribution in [3.63, 3.8) is 0 Å². The van der Waals surface area contributed by atoms with Gasteiger partial charge < -0.3 is 5.32 Å². The topological polar surface area (TPSA) is 24.9 Å². The zero-order valence-corrected chi connectivity index (χ0v) is 10.5. The number of pyridine rings is 1. The van der Waals surface area contributed by atoms with Crippen LogP contribution < -0.4 is 5.32 Å². The molecule has 1 unspecified atom stereocenters. The van der Waals surface area contributed by atoms with Crippen LogP contribution in [-0.4, -0.2) is 18.2 Å². The third-order valence-electron chi connectivity index (χ3n) is 3.09. The molecule has 0 radical (unpaired) electrons. The number of alkyl halides is 3.